The summed E-state index contributed by atoms with van der Waals surface area (Å²) in [5, 5.41) is 3.20. The topological polar surface area (TPSA) is 47.6 Å². The molecular formula is C16H15NO3. The first-order valence-corrected chi connectivity index (χ1v) is 6.57. The van der Waals surface area contributed by atoms with E-state index in [0.29, 0.717) is 12.2 Å². The lowest BCUT2D eigenvalue weighted by Crippen LogP contribution is -2.10. The fourth-order valence-corrected chi connectivity index (χ4v) is 2.22. The summed E-state index contributed by atoms with van der Waals surface area (Å²) in [4.78, 5) is 11.7. The molecule has 2 aromatic carbocycles. The van der Waals surface area contributed by atoms with E-state index in [1.54, 1.807) is 6.07 Å². The fourth-order valence-electron chi connectivity index (χ4n) is 2.22. The minimum Gasteiger partial charge on any atom is -0.494 e. The van der Waals surface area contributed by atoms with Crippen LogP contribution in [0.25, 0.3) is 0 Å². The highest BCUT2D eigenvalue weighted by Crippen LogP contribution is 2.31. The second kappa shape index (κ2) is 5.25. The monoisotopic (exact) mass is 269 g/mol. The van der Waals surface area contributed by atoms with Gasteiger partial charge >= 0.3 is 5.97 Å². The van der Waals surface area contributed by atoms with E-state index in [0.717, 1.165) is 17.0 Å². The molecule has 0 amide bonds. The summed E-state index contributed by atoms with van der Waals surface area (Å²) in [6.45, 7) is 2.58. The molecule has 20 heavy (non-hydrogen) atoms. The number of carbonyl (C=O) groups is 1. The molecule has 0 saturated heterocycles. The SMILES string of the molecule is CCOc1ccc(N[C@@H]2OC(=O)c3ccccc32)cc1. The van der Waals surface area contributed by atoms with Gasteiger partial charge in [-0.3, -0.25) is 0 Å². The minimum absolute atomic E-state index is 0.288. The molecule has 0 aromatic heterocycles. The van der Waals surface area contributed by atoms with Gasteiger partial charge in [0.2, 0.25) is 6.23 Å². The van der Waals surface area contributed by atoms with Crippen LogP contribution in [0.5, 0.6) is 5.75 Å². The number of rotatable bonds is 4. The molecule has 0 unspecified atom stereocenters. The molecule has 1 heterocycles. The van der Waals surface area contributed by atoms with E-state index in [-0.39, 0.29) is 5.97 Å². The quantitative estimate of drug-likeness (QED) is 0.864. The Kier molecular flexibility index (Phi) is 3.29. The van der Waals surface area contributed by atoms with E-state index < -0.39 is 6.23 Å². The number of esters is 1. The molecule has 0 fully saturated rings. The molecule has 1 atom stereocenters. The molecule has 2 aromatic rings. The standard InChI is InChI=1S/C16H15NO3/c1-2-19-12-9-7-11(8-10-12)17-15-13-5-3-4-6-14(13)16(18)20-15/h3-10,15,17H,2H2,1H3/t15-/m1/s1. The van der Waals surface area contributed by atoms with Gasteiger partial charge in [0.1, 0.15) is 5.75 Å². The second-order valence-corrected chi connectivity index (χ2v) is 4.47. The maximum atomic E-state index is 11.7. The molecule has 0 bridgehead atoms. The summed E-state index contributed by atoms with van der Waals surface area (Å²) in [5.41, 5.74) is 2.37. The number of anilines is 1. The summed E-state index contributed by atoms with van der Waals surface area (Å²) in [7, 11) is 0. The summed E-state index contributed by atoms with van der Waals surface area (Å²) < 4.78 is 10.7. The maximum Gasteiger partial charge on any atom is 0.340 e. The lowest BCUT2D eigenvalue weighted by Gasteiger charge is -2.14. The number of ether oxygens (including phenoxy) is 2. The number of cyclic esters (lactones) is 1. The molecule has 0 saturated carbocycles. The molecule has 1 aliphatic rings. The van der Waals surface area contributed by atoms with E-state index in [9.17, 15) is 4.79 Å². The van der Waals surface area contributed by atoms with E-state index in [1.165, 1.54) is 0 Å². The van der Waals surface area contributed by atoms with Crippen LogP contribution in [0.3, 0.4) is 0 Å². The largest absolute Gasteiger partial charge is 0.494 e. The Morgan fingerprint density at radius 2 is 1.90 bits per heavy atom. The van der Waals surface area contributed by atoms with Crippen LogP contribution in [0.1, 0.15) is 29.1 Å². The van der Waals surface area contributed by atoms with Crippen LogP contribution in [-0.2, 0) is 4.74 Å². The van der Waals surface area contributed by atoms with Crippen LogP contribution >= 0.6 is 0 Å². The van der Waals surface area contributed by atoms with E-state index in [1.807, 2.05) is 49.4 Å². The van der Waals surface area contributed by atoms with Gasteiger partial charge in [0.05, 0.1) is 12.2 Å². The zero-order chi connectivity index (χ0) is 13.9. The van der Waals surface area contributed by atoms with Gasteiger partial charge in [-0.05, 0) is 37.3 Å². The smallest absolute Gasteiger partial charge is 0.340 e. The lowest BCUT2D eigenvalue weighted by atomic mass is 10.1. The Labute approximate surface area is 117 Å². The van der Waals surface area contributed by atoms with Gasteiger partial charge < -0.3 is 14.8 Å². The fraction of sp³-hybridized carbons (Fsp3) is 0.188. The molecule has 0 spiro atoms. The van der Waals surface area contributed by atoms with E-state index in [2.05, 4.69) is 5.32 Å². The Balaban J connectivity index is 1.77. The Bertz CT molecular complexity index is 622. The van der Waals surface area contributed by atoms with E-state index >= 15 is 0 Å². The van der Waals surface area contributed by atoms with Gasteiger partial charge in [0.25, 0.3) is 0 Å². The van der Waals surface area contributed by atoms with Crippen LogP contribution in [-0.4, -0.2) is 12.6 Å². The average Bonchev–Trinajstić information content (AvgIpc) is 2.79. The third-order valence-corrected chi connectivity index (χ3v) is 3.15. The minimum atomic E-state index is -0.434. The van der Waals surface area contributed by atoms with Crippen LogP contribution in [0.2, 0.25) is 0 Å². The number of hydrogen-bond donors (Lipinski definition) is 1. The second-order valence-electron chi connectivity index (χ2n) is 4.47. The van der Waals surface area contributed by atoms with Crippen LogP contribution < -0.4 is 10.1 Å². The van der Waals surface area contributed by atoms with Crippen LogP contribution in [0, 0.1) is 0 Å². The zero-order valence-corrected chi connectivity index (χ0v) is 11.1. The number of carbonyl (C=O) groups excluding carboxylic acids is 1. The Morgan fingerprint density at radius 3 is 2.65 bits per heavy atom. The van der Waals surface area contributed by atoms with Gasteiger partial charge in [-0.25, -0.2) is 4.79 Å². The van der Waals surface area contributed by atoms with Crippen molar-refractivity contribution in [2.75, 3.05) is 11.9 Å². The predicted molar refractivity (Wildman–Crippen MR) is 75.8 cm³/mol. The van der Waals surface area contributed by atoms with Gasteiger partial charge in [0, 0.05) is 11.3 Å². The normalized spacial score (nSPS) is 16.4. The zero-order valence-electron chi connectivity index (χ0n) is 11.1. The maximum absolute atomic E-state index is 11.7. The average molecular weight is 269 g/mol. The van der Waals surface area contributed by atoms with Crippen molar-refractivity contribution in [3.8, 4) is 5.75 Å². The van der Waals surface area contributed by atoms with Crippen molar-refractivity contribution in [2.45, 2.75) is 13.2 Å². The molecule has 4 heteroatoms. The number of nitrogens with one attached hydrogen (secondary N) is 1. The summed E-state index contributed by atoms with van der Waals surface area (Å²) in [6, 6.07) is 15.0. The molecule has 1 N–H and O–H groups in total. The number of benzene rings is 2. The first kappa shape index (κ1) is 12.5. The van der Waals surface area contributed by atoms with Crippen LogP contribution in [0.15, 0.2) is 48.5 Å². The van der Waals surface area contributed by atoms with Crippen molar-refractivity contribution >= 4 is 11.7 Å². The Hall–Kier alpha value is -2.49. The van der Waals surface area contributed by atoms with Crippen molar-refractivity contribution in [2.24, 2.45) is 0 Å². The Morgan fingerprint density at radius 1 is 1.15 bits per heavy atom. The third-order valence-electron chi connectivity index (χ3n) is 3.15. The highest BCUT2D eigenvalue weighted by Gasteiger charge is 2.30. The third kappa shape index (κ3) is 2.32. The van der Waals surface area contributed by atoms with Gasteiger partial charge in [-0.15, -0.1) is 0 Å². The van der Waals surface area contributed by atoms with Crippen molar-refractivity contribution in [3.63, 3.8) is 0 Å². The summed E-state index contributed by atoms with van der Waals surface area (Å²) in [5.74, 6) is 0.533. The molecule has 0 radical (unpaired) electrons. The highest BCUT2D eigenvalue weighted by molar-refractivity contribution is 5.94. The van der Waals surface area contributed by atoms with Gasteiger partial charge in [-0.2, -0.15) is 0 Å². The molecular weight excluding hydrogens is 254 g/mol. The lowest BCUT2D eigenvalue weighted by molar-refractivity contribution is 0.0437. The molecule has 0 aliphatic carbocycles. The van der Waals surface area contributed by atoms with Crippen molar-refractivity contribution in [1.29, 1.82) is 0 Å². The summed E-state index contributed by atoms with van der Waals surface area (Å²) in [6.07, 6.45) is -0.434. The van der Waals surface area contributed by atoms with Gasteiger partial charge in [0.15, 0.2) is 0 Å². The number of fused-ring (bicyclic) bond motifs is 1. The van der Waals surface area contributed by atoms with Crippen LogP contribution in [0.4, 0.5) is 5.69 Å². The molecule has 4 nitrogen and oxygen atoms in total. The molecule has 1 aliphatic heterocycles. The summed E-state index contributed by atoms with van der Waals surface area (Å²) >= 11 is 0. The van der Waals surface area contributed by atoms with E-state index in [4.69, 9.17) is 9.47 Å². The predicted octanol–water partition coefficient (Wildman–Crippen LogP) is 3.37. The molecule has 3 rings (SSSR count). The van der Waals surface area contributed by atoms with Gasteiger partial charge in [-0.1, -0.05) is 18.2 Å². The first-order chi connectivity index (χ1) is 9.78. The first-order valence-electron chi connectivity index (χ1n) is 6.57. The van der Waals surface area contributed by atoms with Crippen molar-refractivity contribution in [3.05, 3.63) is 59.7 Å². The van der Waals surface area contributed by atoms with Crippen molar-refractivity contribution < 1.29 is 14.3 Å². The highest BCUT2D eigenvalue weighted by atomic mass is 16.6. The molecule has 102 valence electrons. The van der Waals surface area contributed by atoms with Crippen molar-refractivity contribution in [1.82, 2.24) is 0 Å². The number of hydrogen-bond acceptors (Lipinski definition) is 4.